The van der Waals surface area contributed by atoms with Crippen molar-refractivity contribution in [1.29, 1.82) is 0 Å². The van der Waals surface area contributed by atoms with Crippen LogP contribution in [0.2, 0.25) is 0 Å². The summed E-state index contributed by atoms with van der Waals surface area (Å²) in [5.41, 5.74) is 1.75. The molecule has 7 heteroatoms. The molecule has 0 saturated carbocycles. The van der Waals surface area contributed by atoms with Crippen molar-refractivity contribution in [3.05, 3.63) is 40.3 Å². The molecule has 4 rings (SSSR count). The van der Waals surface area contributed by atoms with E-state index in [0.717, 1.165) is 41.9 Å². The van der Waals surface area contributed by atoms with Crippen molar-refractivity contribution in [3.8, 4) is 22.6 Å². The molecule has 2 aromatic heterocycles. The van der Waals surface area contributed by atoms with Gasteiger partial charge in [-0.1, -0.05) is 0 Å². The van der Waals surface area contributed by atoms with E-state index in [0.29, 0.717) is 16.9 Å². The number of piperidine rings is 1. The molecule has 0 spiro atoms. The van der Waals surface area contributed by atoms with E-state index in [-0.39, 0.29) is 11.6 Å². The van der Waals surface area contributed by atoms with Crippen molar-refractivity contribution >= 4 is 21.6 Å². The van der Waals surface area contributed by atoms with Crippen LogP contribution < -0.4 is 20.3 Å². The van der Waals surface area contributed by atoms with Gasteiger partial charge in [0.2, 0.25) is 0 Å². The van der Waals surface area contributed by atoms with E-state index in [1.165, 1.54) is 11.3 Å². The van der Waals surface area contributed by atoms with Crippen LogP contribution in [0.3, 0.4) is 0 Å². The average molecular weight is 371 g/mol. The number of hydrogen-bond donors (Lipinski definition) is 1. The van der Waals surface area contributed by atoms with Crippen LogP contribution in [0.15, 0.2) is 34.7 Å². The lowest BCUT2D eigenvalue weighted by Gasteiger charge is -2.24. The molecule has 136 valence electrons. The Morgan fingerprint density at radius 2 is 2.15 bits per heavy atom. The Morgan fingerprint density at radius 3 is 2.88 bits per heavy atom. The summed E-state index contributed by atoms with van der Waals surface area (Å²) in [4.78, 5) is 18.5. The lowest BCUT2D eigenvalue weighted by atomic mass is 10.0. The van der Waals surface area contributed by atoms with Gasteiger partial charge in [-0.3, -0.25) is 9.36 Å². The van der Waals surface area contributed by atoms with Crippen LogP contribution in [-0.4, -0.2) is 36.9 Å². The molecule has 6 nitrogen and oxygen atoms in total. The van der Waals surface area contributed by atoms with E-state index >= 15 is 0 Å². The number of nitrogens with one attached hydrogen (secondary N) is 1. The number of benzene rings is 1. The Bertz CT molecular complexity index is 989. The molecule has 0 unspecified atom stereocenters. The SMILES string of the molecule is COc1ccc(-c2csc3ncn([C@@H]4CCCNC4)c(=O)c23)c(OC)c1. The second-order valence-electron chi connectivity index (χ2n) is 6.35. The molecule has 3 heterocycles. The van der Waals surface area contributed by atoms with E-state index in [1.54, 1.807) is 25.1 Å². The van der Waals surface area contributed by atoms with Gasteiger partial charge in [-0.15, -0.1) is 11.3 Å². The van der Waals surface area contributed by atoms with Gasteiger partial charge in [0.1, 0.15) is 16.3 Å². The van der Waals surface area contributed by atoms with Crippen LogP contribution >= 0.6 is 11.3 Å². The number of thiophene rings is 1. The Balaban J connectivity index is 1.88. The molecule has 1 aliphatic rings. The Kier molecular flexibility index (Phi) is 4.65. The van der Waals surface area contributed by atoms with Gasteiger partial charge in [-0.05, 0) is 31.5 Å². The largest absolute Gasteiger partial charge is 0.497 e. The van der Waals surface area contributed by atoms with Crippen molar-refractivity contribution in [1.82, 2.24) is 14.9 Å². The number of fused-ring (bicyclic) bond motifs is 1. The fourth-order valence-corrected chi connectivity index (χ4v) is 4.39. The summed E-state index contributed by atoms with van der Waals surface area (Å²) in [7, 11) is 3.24. The first-order valence-electron chi connectivity index (χ1n) is 8.64. The maximum Gasteiger partial charge on any atom is 0.263 e. The van der Waals surface area contributed by atoms with E-state index in [1.807, 2.05) is 23.6 Å². The summed E-state index contributed by atoms with van der Waals surface area (Å²) >= 11 is 1.48. The van der Waals surface area contributed by atoms with Crippen LogP contribution in [0.4, 0.5) is 0 Å². The standard InChI is InChI=1S/C19H21N3O3S/c1-24-13-5-6-14(16(8-13)25-2)15-10-26-18-17(15)19(23)22(11-21-18)12-4-3-7-20-9-12/h5-6,8,10-12,20H,3-4,7,9H2,1-2H3/t12-/m1/s1. The van der Waals surface area contributed by atoms with Crippen LogP contribution in [-0.2, 0) is 0 Å². The molecule has 1 aromatic carbocycles. The van der Waals surface area contributed by atoms with E-state index in [2.05, 4.69) is 10.3 Å². The highest BCUT2D eigenvalue weighted by Crippen LogP contribution is 2.38. The first-order valence-corrected chi connectivity index (χ1v) is 9.52. The molecule has 1 atom stereocenters. The van der Waals surface area contributed by atoms with E-state index in [9.17, 15) is 4.79 Å². The minimum Gasteiger partial charge on any atom is -0.497 e. The molecule has 26 heavy (non-hydrogen) atoms. The minimum absolute atomic E-state index is 0.0119. The quantitative estimate of drug-likeness (QED) is 0.764. The Hall–Kier alpha value is -2.38. The minimum atomic E-state index is 0.0119. The predicted molar refractivity (Wildman–Crippen MR) is 104 cm³/mol. The smallest absolute Gasteiger partial charge is 0.263 e. The number of nitrogens with zero attached hydrogens (tertiary/aromatic N) is 2. The topological polar surface area (TPSA) is 65.4 Å². The maximum atomic E-state index is 13.2. The molecule has 0 radical (unpaired) electrons. The van der Waals surface area contributed by atoms with Crippen molar-refractivity contribution in [2.45, 2.75) is 18.9 Å². The first kappa shape index (κ1) is 17.1. The molecule has 0 bridgehead atoms. The fourth-order valence-electron chi connectivity index (χ4n) is 3.50. The summed E-state index contributed by atoms with van der Waals surface area (Å²) in [6.07, 6.45) is 3.75. The molecule has 0 amide bonds. The highest BCUT2D eigenvalue weighted by atomic mass is 32.1. The summed E-state index contributed by atoms with van der Waals surface area (Å²) < 4.78 is 12.6. The molecule has 3 aromatic rings. The summed E-state index contributed by atoms with van der Waals surface area (Å²) in [5.74, 6) is 1.40. The van der Waals surface area contributed by atoms with Crippen LogP contribution in [0.25, 0.3) is 21.3 Å². The second kappa shape index (κ2) is 7.09. The normalized spacial score (nSPS) is 17.4. The lowest BCUT2D eigenvalue weighted by molar-refractivity contribution is 0.363. The fraction of sp³-hybridized carbons (Fsp3) is 0.368. The number of rotatable bonds is 4. The number of ether oxygens (including phenoxy) is 2. The molecule has 1 aliphatic heterocycles. The van der Waals surface area contributed by atoms with Gasteiger partial charge >= 0.3 is 0 Å². The van der Waals surface area contributed by atoms with Crippen molar-refractivity contribution in [2.75, 3.05) is 27.3 Å². The van der Waals surface area contributed by atoms with Crippen LogP contribution in [0.5, 0.6) is 11.5 Å². The number of hydrogen-bond acceptors (Lipinski definition) is 6. The van der Waals surface area contributed by atoms with Gasteiger partial charge in [-0.2, -0.15) is 0 Å². The Morgan fingerprint density at radius 1 is 1.27 bits per heavy atom. The maximum absolute atomic E-state index is 13.2. The number of aromatic nitrogens is 2. The van der Waals surface area contributed by atoms with Gasteiger partial charge in [0, 0.05) is 29.1 Å². The van der Waals surface area contributed by atoms with Crippen LogP contribution in [0.1, 0.15) is 18.9 Å². The third kappa shape index (κ3) is 2.87. The summed E-state index contributed by atoms with van der Waals surface area (Å²) in [6.45, 7) is 1.81. The van der Waals surface area contributed by atoms with Crippen molar-refractivity contribution < 1.29 is 9.47 Å². The summed E-state index contributed by atoms with van der Waals surface area (Å²) in [5, 5.41) is 6.00. The van der Waals surface area contributed by atoms with Crippen molar-refractivity contribution in [3.63, 3.8) is 0 Å². The molecule has 1 fully saturated rings. The lowest BCUT2D eigenvalue weighted by Crippen LogP contribution is -2.36. The highest BCUT2D eigenvalue weighted by Gasteiger charge is 2.21. The molecule has 0 aliphatic carbocycles. The second-order valence-corrected chi connectivity index (χ2v) is 7.21. The zero-order valence-electron chi connectivity index (χ0n) is 14.8. The van der Waals surface area contributed by atoms with E-state index in [4.69, 9.17) is 9.47 Å². The highest BCUT2D eigenvalue weighted by molar-refractivity contribution is 7.17. The third-order valence-corrected chi connectivity index (χ3v) is 5.77. The van der Waals surface area contributed by atoms with Gasteiger partial charge in [0.05, 0.1) is 32.0 Å². The first-order chi connectivity index (χ1) is 12.7. The molecular weight excluding hydrogens is 350 g/mol. The van der Waals surface area contributed by atoms with Gasteiger partial charge in [0.25, 0.3) is 5.56 Å². The average Bonchev–Trinajstić information content (AvgIpc) is 3.13. The van der Waals surface area contributed by atoms with E-state index < -0.39 is 0 Å². The van der Waals surface area contributed by atoms with Crippen LogP contribution in [0, 0.1) is 0 Å². The van der Waals surface area contributed by atoms with Gasteiger partial charge in [0.15, 0.2) is 0 Å². The van der Waals surface area contributed by atoms with Gasteiger partial charge < -0.3 is 14.8 Å². The van der Waals surface area contributed by atoms with Crippen molar-refractivity contribution in [2.24, 2.45) is 0 Å². The number of methoxy groups -OCH3 is 2. The van der Waals surface area contributed by atoms with Gasteiger partial charge in [-0.25, -0.2) is 4.98 Å². The Labute approximate surface area is 155 Å². The molecular formula is C19H21N3O3S. The molecule has 1 saturated heterocycles. The molecule has 1 N–H and O–H groups in total. The zero-order valence-corrected chi connectivity index (χ0v) is 15.6. The summed E-state index contributed by atoms with van der Waals surface area (Å²) in [6, 6.07) is 5.79. The third-order valence-electron chi connectivity index (χ3n) is 4.88. The predicted octanol–water partition coefficient (Wildman–Crippen LogP) is 3.07. The zero-order chi connectivity index (χ0) is 18.1. The monoisotopic (exact) mass is 371 g/mol.